The maximum Gasteiger partial charge on any atom is 0.384 e. The van der Waals surface area contributed by atoms with Crippen molar-refractivity contribution in [2.75, 3.05) is 6.61 Å². The van der Waals surface area contributed by atoms with E-state index in [1.54, 1.807) is 6.92 Å². The van der Waals surface area contributed by atoms with Gasteiger partial charge in [-0.25, -0.2) is 4.79 Å². The van der Waals surface area contributed by atoms with E-state index in [1.807, 2.05) is 34.6 Å². The Morgan fingerprint density at radius 3 is 2.16 bits per heavy atom. The summed E-state index contributed by atoms with van der Waals surface area (Å²) < 4.78 is 4.74. The molecule has 0 aliphatic heterocycles. The van der Waals surface area contributed by atoms with E-state index in [2.05, 4.69) is 11.8 Å². The van der Waals surface area contributed by atoms with Crippen LogP contribution >= 0.6 is 0 Å². The van der Waals surface area contributed by atoms with Crippen LogP contribution in [-0.4, -0.2) is 23.7 Å². The minimum absolute atomic E-state index is 0.269. The molecule has 0 heterocycles. The molecule has 0 saturated heterocycles. The fourth-order valence-electron chi connectivity index (χ4n) is 3.47. The van der Waals surface area contributed by atoms with Gasteiger partial charge in [0.15, 0.2) is 0 Å². The van der Waals surface area contributed by atoms with E-state index >= 15 is 0 Å². The molecule has 19 heavy (non-hydrogen) atoms. The number of ether oxygens (including phenoxy) is 1. The van der Waals surface area contributed by atoms with Crippen LogP contribution < -0.4 is 0 Å². The van der Waals surface area contributed by atoms with Gasteiger partial charge in [-0.1, -0.05) is 40.5 Å². The van der Waals surface area contributed by atoms with Crippen LogP contribution in [0.1, 0.15) is 41.5 Å². The summed E-state index contributed by atoms with van der Waals surface area (Å²) in [6, 6.07) is 0. The lowest BCUT2D eigenvalue weighted by Crippen LogP contribution is -2.35. The van der Waals surface area contributed by atoms with Gasteiger partial charge in [-0.15, -0.1) is 0 Å². The number of carboxylic acids is 1. The number of rotatable bonds is 2. The number of hydrogen-bond acceptors (Lipinski definition) is 3. The average molecular weight is 266 g/mol. The third-order valence-corrected chi connectivity index (χ3v) is 4.20. The van der Waals surface area contributed by atoms with E-state index in [4.69, 9.17) is 4.74 Å². The summed E-state index contributed by atoms with van der Waals surface area (Å²) in [6.07, 6.45) is 0. The van der Waals surface area contributed by atoms with Crippen LogP contribution in [0.5, 0.6) is 0 Å². The second-order valence-corrected chi connectivity index (χ2v) is 6.51. The zero-order chi connectivity index (χ0) is 15.1. The molecule has 1 rings (SSSR count). The lowest BCUT2D eigenvalue weighted by Gasteiger charge is -2.30. The summed E-state index contributed by atoms with van der Waals surface area (Å²) in [7, 11) is 0. The van der Waals surface area contributed by atoms with E-state index in [0.29, 0.717) is 0 Å². The van der Waals surface area contributed by atoms with Crippen LogP contribution in [0.25, 0.3) is 0 Å². The third-order valence-electron chi connectivity index (χ3n) is 4.20. The van der Waals surface area contributed by atoms with Gasteiger partial charge in [0, 0.05) is 11.8 Å². The number of carbonyl (C=O) groups excluding carboxylic acids is 1. The standard InChI is InChI=1S/C15H22O4/c1-7-19-11(16)9-8-10-14(5,6)15(10,12(17)18)13(2,3)4/h10H,7H2,1-6H3,(H,17,18)/t10-,15+/m0/s1. The van der Waals surface area contributed by atoms with Gasteiger partial charge in [0.25, 0.3) is 0 Å². The number of esters is 1. The quantitative estimate of drug-likeness (QED) is 0.473. The molecule has 0 radical (unpaired) electrons. The van der Waals surface area contributed by atoms with Crippen molar-refractivity contribution in [1.82, 2.24) is 0 Å². The lowest BCUT2D eigenvalue weighted by molar-refractivity contribution is -0.150. The highest BCUT2D eigenvalue weighted by atomic mass is 16.5. The average Bonchev–Trinajstić information content (AvgIpc) is 2.72. The predicted octanol–water partition coefficient (Wildman–Crippen LogP) is 2.33. The van der Waals surface area contributed by atoms with E-state index in [0.717, 1.165) is 0 Å². The molecule has 1 aliphatic carbocycles. The molecule has 0 amide bonds. The van der Waals surface area contributed by atoms with Crippen molar-refractivity contribution in [2.45, 2.75) is 41.5 Å². The Kier molecular flexibility index (Phi) is 3.73. The highest BCUT2D eigenvalue weighted by Crippen LogP contribution is 2.75. The molecule has 0 aromatic heterocycles. The van der Waals surface area contributed by atoms with Gasteiger partial charge in [0.05, 0.1) is 12.0 Å². The van der Waals surface area contributed by atoms with Gasteiger partial charge >= 0.3 is 11.9 Å². The van der Waals surface area contributed by atoms with Crippen LogP contribution in [0.4, 0.5) is 0 Å². The summed E-state index contributed by atoms with van der Waals surface area (Å²) in [6.45, 7) is 11.4. The SMILES string of the molecule is CCOC(=O)C#C[C@H]1C(C)(C)[C@]1(C(=O)O)C(C)(C)C. The molecule has 0 bridgehead atoms. The molecule has 0 aromatic rings. The number of carboxylic acid groups (broad SMARTS) is 1. The Morgan fingerprint density at radius 1 is 1.32 bits per heavy atom. The fourth-order valence-corrected chi connectivity index (χ4v) is 3.47. The van der Waals surface area contributed by atoms with Crippen molar-refractivity contribution >= 4 is 11.9 Å². The normalized spacial score (nSPS) is 28.0. The van der Waals surface area contributed by atoms with Crippen molar-refractivity contribution in [3.63, 3.8) is 0 Å². The Bertz CT molecular complexity index is 459. The predicted molar refractivity (Wildman–Crippen MR) is 71.2 cm³/mol. The minimum atomic E-state index is -0.931. The largest absolute Gasteiger partial charge is 0.481 e. The van der Waals surface area contributed by atoms with E-state index in [9.17, 15) is 14.7 Å². The molecule has 1 aliphatic rings. The maximum absolute atomic E-state index is 11.7. The third kappa shape index (κ3) is 2.11. The summed E-state index contributed by atoms with van der Waals surface area (Å²) in [5.41, 5.74) is -1.83. The number of carbonyl (C=O) groups is 2. The molecule has 2 atom stereocenters. The van der Waals surface area contributed by atoms with Gasteiger partial charge in [-0.05, 0) is 17.8 Å². The second-order valence-electron chi connectivity index (χ2n) is 6.51. The number of hydrogen-bond donors (Lipinski definition) is 1. The van der Waals surface area contributed by atoms with E-state index < -0.39 is 28.2 Å². The molecule has 106 valence electrons. The highest BCUT2D eigenvalue weighted by Gasteiger charge is 2.80. The smallest absolute Gasteiger partial charge is 0.384 e. The summed E-state index contributed by atoms with van der Waals surface area (Å²) in [5, 5.41) is 9.63. The monoisotopic (exact) mass is 266 g/mol. The van der Waals surface area contributed by atoms with Crippen molar-refractivity contribution in [3.05, 3.63) is 0 Å². The first-order chi connectivity index (χ1) is 8.53. The van der Waals surface area contributed by atoms with Crippen LogP contribution in [0.2, 0.25) is 0 Å². The Morgan fingerprint density at radius 2 is 1.84 bits per heavy atom. The number of aliphatic carboxylic acids is 1. The molecule has 0 spiro atoms. The Balaban J connectivity index is 3.11. The van der Waals surface area contributed by atoms with Gasteiger partial charge in [0.2, 0.25) is 0 Å². The van der Waals surface area contributed by atoms with Crippen LogP contribution in [0, 0.1) is 34.0 Å². The molecule has 4 heteroatoms. The first-order valence-corrected chi connectivity index (χ1v) is 6.45. The molecule has 1 saturated carbocycles. The summed E-state index contributed by atoms with van der Waals surface area (Å²) in [5.74, 6) is 3.42. The van der Waals surface area contributed by atoms with Gasteiger partial charge < -0.3 is 9.84 Å². The minimum Gasteiger partial charge on any atom is -0.481 e. The van der Waals surface area contributed by atoms with E-state index in [1.165, 1.54) is 0 Å². The zero-order valence-electron chi connectivity index (χ0n) is 12.5. The molecular formula is C15H22O4. The topological polar surface area (TPSA) is 63.6 Å². The van der Waals surface area contributed by atoms with Gasteiger partial charge in [0.1, 0.15) is 0 Å². The Hall–Kier alpha value is -1.50. The van der Waals surface area contributed by atoms with Crippen molar-refractivity contribution in [2.24, 2.45) is 22.2 Å². The van der Waals surface area contributed by atoms with Crippen LogP contribution in [0.15, 0.2) is 0 Å². The van der Waals surface area contributed by atoms with E-state index in [-0.39, 0.29) is 12.5 Å². The molecular weight excluding hydrogens is 244 g/mol. The summed E-state index contributed by atoms with van der Waals surface area (Å²) >= 11 is 0. The molecule has 0 unspecified atom stereocenters. The second kappa shape index (κ2) is 4.56. The van der Waals surface area contributed by atoms with Crippen molar-refractivity contribution in [3.8, 4) is 11.8 Å². The fraction of sp³-hybridized carbons (Fsp3) is 0.733. The van der Waals surface area contributed by atoms with Crippen molar-refractivity contribution in [1.29, 1.82) is 0 Å². The maximum atomic E-state index is 11.7. The molecule has 1 N–H and O–H groups in total. The van der Waals surface area contributed by atoms with Gasteiger partial charge in [-0.2, -0.15) is 0 Å². The van der Waals surface area contributed by atoms with Crippen LogP contribution in [-0.2, 0) is 14.3 Å². The lowest BCUT2D eigenvalue weighted by atomic mass is 9.72. The Labute approximate surface area is 114 Å². The zero-order valence-corrected chi connectivity index (χ0v) is 12.5. The first kappa shape index (κ1) is 15.6. The van der Waals surface area contributed by atoms with Crippen molar-refractivity contribution < 1.29 is 19.4 Å². The molecule has 4 nitrogen and oxygen atoms in total. The summed E-state index contributed by atoms with van der Waals surface area (Å²) in [4.78, 5) is 23.0. The molecule has 1 fully saturated rings. The van der Waals surface area contributed by atoms with Gasteiger partial charge in [-0.3, -0.25) is 4.79 Å². The first-order valence-electron chi connectivity index (χ1n) is 6.45. The molecule has 0 aromatic carbocycles. The van der Waals surface area contributed by atoms with Crippen LogP contribution in [0.3, 0.4) is 0 Å². The highest BCUT2D eigenvalue weighted by molar-refractivity contribution is 5.90.